The van der Waals surface area contributed by atoms with Crippen LogP contribution >= 0.6 is 12.4 Å². The Morgan fingerprint density at radius 3 is 2.75 bits per heavy atom. The Bertz CT molecular complexity index is 807. The molecule has 178 valence electrons. The first-order valence-electron chi connectivity index (χ1n) is 11.6. The molecule has 1 aromatic rings. The normalized spacial score (nSPS) is 26.8. The highest BCUT2D eigenvalue weighted by atomic mass is 35.5. The molecule has 1 saturated heterocycles. The minimum atomic E-state index is -0.646. The molecular formula is C24H34ClFN2O4. The zero-order valence-electron chi connectivity index (χ0n) is 18.7. The summed E-state index contributed by atoms with van der Waals surface area (Å²) in [5.41, 5.74) is 0.720. The largest absolute Gasteiger partial charge is 0.491 e. The van der Waals surface area contributed by atoms with Gasteiger partial charge in [-0.1, -0.05) is 12.5 Å². The average molecular weight is 469 g/mol. The van der Waals surface area contributed by atoms with Gasteiger partial charge in [0.15, 0.2) is 0 Å². The van der Waals surface area contributed by atoms with Crippen molar-refractivity contribution >= 4 is 24.3 Å². The van der Waals surface area contributed by atoms with E-state index in [-0.39, 0.29) is 36.8 Å². The Morgan fingerprint density at radius 1 is 1.28 bits per heavy atom. The first-order valence-corrected chi connectivity index (χ1v) is 11.6. The lowest BCUT2D eigenvalue weighted by Crippen LogP contribution is -2.42. The van der Waals surface area contributed by atoms with Crippen molar-refractivity contribution in [2.45, 2.75) is 63.0 Å². The van der Waals surface area contributed by atoms with E-state index in [4.69, 9.17) is 9.47 Å². The Hall–Kier alpha value is -1.86. The molecule has 0 bridgehead atoms. The molecule has 3 aliphatic rings. The zero-order chi connectivity index (χ0) is 21.8. The van der Waals surface area contributed by atoms with Crippen LogP contribution in [0.2, 0.25) is 0 Å². The van der Waals surface area contributed by atoms with Gasteiger partial charge < -0.3 is 19.7 Å². The first-order chi connectivity index (χ1) is 15.0. The highest BCUT2D eigenvalue weighted by Crippen LogP contribution is 2.49. The van der Waals surface area contributed by atoms with Crippen molar-refractivity contribution in [1.29, 1.82) is 0 Å². The number of ether oxygens (including phenoxy) is 2. The first kappa shape index (κ1) is 24.8. The third-order valence-corrected chi connectivity index (χ3v) is 7.08. The quantitative estimate of drug-likeness (QED) is 0.612. The molecule has 1 N–H and O–H groups in total. The number of halogens is 2. The lowest BCUT2D eigenvalue weighted by Gasteiger charge is -2.37. The molecule has 1 spiro atoms. The molecule has 32 heavy (non-hydrogen) atoms. The van der Waals surface area contributed by atoms with Gasteiger partial charge in [0.05, 0.1) is 5.56 Å². The molecule has 8 heteroatoms. The van der Waals surface area contributed by atoms with Gasteiger partial charge in [-0.25, -0.2) is 9.18 Å². The molecule has 4 rings (SSSR count). The van der Waals surface area contributed by atoms with Gasteiger partial charge in [-0.05, 0) is 63.6 Å². The van der Waals surface area contributed by atoms with Crippen molar-refractivity contribution in [3.05, 3.63) is 29.3 Å². The van der Waals surface area contributed by atoms with Crippen LogP contribution in [0.5, 0.6) is 5.75 Å². The standard InChI is InChI=1S/C24H33FN2O4.ClH/c1-27(14-9-18-4-2-3-13-26-18)22(28)17-7-10-24(11-8-17)21-6-5-19(30-15-12-25)16-20(21)23(29)31-24;/h5-6,16-18,26H,2-4,7-15H2,1H3;1H/t17-,18?,24-;. The van der Waals surface area contributed by atoms with Gasteiger partial charge in [0.1, 0.15) is 24.6 Å². The third-order valence-electron chi connectivity index (χ3n) is 7.08. The van der Waals surface area contributed by atoms with Crippen LogP contribution in [0, 0.1) is 5.92 Å². The Morgan fingerprint density at radius 2 is 2.06 bits per heavy atom. The number of alkyl halides is 1. The van der Waals surface area contributed by atoms with Crippen LogP contribution in [0.4, 0.5) is 4.39 Å². The van der Waals surface area contributed by atoms with Crippen molar-refractivity contribution in [3.8, 4) is 5.75 Å². The smallest absolute Gasteiger partial charge is 0.339 e. The van der Waals surface area contributed by atoms with E-state index >= 15 is 0 Å². The van der Waals surface area contributed by atoms with Crippen LogP contribution in [0.25, 0.3) is 0 Å². The molecule has 1 aromatic carbocycles. The summed E-state index contributed by atoms with van der Waals surface area (Å²) in [4.78, 5) is 27.3. The fourth-order valence-corrected chi connectivity index (χ4v) is 5.27. The Labute approximate surface area is 195 Å². The van der Waals surface area contributed by atoms with Crippen LogP contribution < -0.4 is 10.1 Å². The molecule has 0 radical (unpaired) electrons. The number of esters is 1. The zero-order valence-corrected chi connectivity index (χ0v) is 19.6. The van der Waals surface area contributed by atoms with E-state index in [0.29, 0.717) is 43.0 Å². The average Bonchev–Trinajstić information content (AvgIpc) is 3.07. The van der Waals surface area contributed by atoms with E-state index in [2.05, 4.69) is 5.32 Å². The Kier molecular flexibility index (Phi) is 8.39. The van der Waals surface area contributed by atoms with Crippen molar-refractivity contribution in [2.75, 3.05) is 33.4 Å². The van der Waals surface area contributed by atoms with Crippen molar-refractivity contribution in [3.63, 3.8) is 0 Å². The summed E-state index contributed by atoms with van der Waals surface area (Å²) in [6.45, 7) is 1.24. The molecule has 2 heterocycles. The molecule has 1 aliphatic carbocycles. The second-order valence-corrected chi connectivity index (χ2v) is 9.10. The summed E-state index contributed by atoms with van der Waals surface area (Å²) >= 11 is 0. The van der Waals surface area contributed by atoms with Gasteiger partial charge in [0.2, 0.25) is 5.91 Å². The summed E-state index contributed by atoms with van der Waals surface area (Å²) in [5.74, 6) is 0.293. The highest BCUT2D eigenvalue weighted by molar-refractivity contribution is 5.95. The number of fused-ring (bicyclic) bond motifs is 2. The molecule has 2 fully saturated rings. The fourth-order valence-electron chi connectivity index (χ4n) is 5.27. The van der Waals surface area contributed by atoms with Crippen molar-refractivity contribution in [1.82, 2.24) is 10.2 Å². The van der Waals surface area contributed by atoms with Gasteiger partial charge in [-0.2, -0.15) is 0 Å². The number of benzene rings is 1. The van der Waals surface area contributed by atoms with E-state index in [0.717, 1.165) is 25.1 Å². The second-order valence-electron chi connectivity index (χ2n) is 9.10. The number of hydrogen-bond donors (Lipinski definition) is 1. The fraction of sp³-hybridized carbons (Fsp3) is 0.667. The molecule has 0 aromatic heterocycles. The molecule has 2 aliphatic heterocycles. The number of rotatable bonds is 7. The number of nitrogens with one attached hydrogen (secondary N) is 1. The van der Waals surface area contributed by atoms with Gasteiger partial charge in [0, 0.05) is 31.1 Å². The SMILES string of the molecule is CN(CCC1CCCCN1)C(=O)[C@H]1CC[C@@]2(CC1)OC(=O)c1cc(OCCF)ccc12.Cl. The van der Waals surface area contributed by atoms with Gasteiger partial charge in [-0.15, -0.1) is 12.4 Å². The van der Waals surface area contributed by atoms with E-state index in [1.165, 1.54) is 19.3 Å². The highest BCUT2D eigenvalue weighted by Gasteiger charge is 2.48. The minimum Gasteiger partial charge on any atom is -0.491 e. The number of amides is 1. The molecular weight excluding hydrogens is 435 g/mol. The number of piperidine rings is 1. The molecule has 6 nitrogen and oxygen atoms in total. The molecule has 1 unspecified atom stereocenters. The summed E-state index contributed by atoms with van der Waals surface area (Å²) < 4.78 is 23.5. The number of carbonyl (C=O) groups is 2. The molecule has 1 amide bonds. The van der Waals surface area contributed by atoms with Crippen molar-refractivity contribution < 1.29 is 23.5 Å². The predicted octanol–water partition coefficient (Wildman–Crippen LogP) is 4.00. The number of nitrogens with zero attached hydrogens (tertiary/aromatic N) is 1. The maximum absolute atomic E-state index is 13.0. The summed E-state index contributed by atoms with van der Waals surface area (Å²) in [6.07, 6.45) is 7.40. The Balaban J connectivity index is 0.00000289. The van der Waals surface area contributed by atoms with E-state index in [1.807, 2.05) is 18.0 Å². The van der Waals surface area contributed by atoms with Gasteiger partial charge in [0.25, 0.3) is 0 Å². The van der Waals surface area contributed by atoms with Crippen LogP contribution in [0.1, 0.15) is 67.3 Å². The maximum atomic E-state index is 13.0. The predicted molar refractivity (Wildman–Crippen MR) is 122 cm³/mol. The maximum Gasteiger partial charge on any atom is 0.339 e. The lowest BCUT2D eigenvalue weighted by atomic mass is 9.74. The molecule has 1 saturated carbocycles. The van der Waals surface area contributed by atoms with Crippen LogP contribution in [0.3, 0.4) is 0 Å². The van der Waals surface area contributed by atoms with Crippen LogP contribution in [0.15, 0.2) is 18.2 Å². The van der Waals surface area contributed by atoms with Crippen LogP contribution in [-0.2, 0) is 15.1 Å². The van der Waals surface area contributed by atoms with E-state index in [9.17, 15) is 14.0 Å². The van der Waals surface area contributed by atoms with Gasteiger partial charge >= 0.3 is 5.97 Å². The van der Waals surface area contributed by atoms with Crippen molar-refractivity contribution in [2.24, 2.45) is 5.92 Å². The van der Waals surface area contributed by atoms with E-state index < -0.39 is 12.3 Å². The number of carbonyl (C=O) groups excluding carboxylic acids is 2. The van der Waals surface area contributed by atoms with E-state index in [1.54, 1.807) is 12.1 Å². The topological polar surface area (TPSA) is 67.9 Å². The van der Waals surface area contributed by atoms with Crippen LogP contribution in [-0.4, -0.2) is 56.2 Å². The lowest BCUT2D eigenvalue weighted by molar-refractivity contribution is -0.137. The monoisotopic (exact) mass is 468 g/mol. The third kappa shape index (κ3) is 5.20. The second kappa shape index (κ2) is 10.8. The molecule has 1 atom stereocenters. The summed E-state index contributed by atoms with van der Waals surface area (Å²) in [7, 11) is 1.90. The summed E-state index contributed by atoms with van der Waals surface area (Å²) in [6, 6.07) is 5.79. The minimum absolute atomic E-state index is 0. The number of hydrogen-bond acceptors (Lipinski definition) is 5. The summed E-state index contributed by atoms with van der Waals surface area (Å²) in [5, 5.41) is 3.54. The van der Waals surface area contributed by atoms with Gasteiger partial charge in [-0.3, -0.25) is 4.79 Å².